The molecule has 2 N–H and O–H groups in total. The molecule has 16 heavy (non-hydrogen) atoms. The Morgan fingerprint density at radius 3 is 2.75 bits per heavy atom. The lowest BCUT2D eigenvalue weighted by molar-refractivity contribution is 0.0894. The quantitative estimate of drug-likeness (QED) is 0.844. The number of hydrogen-bond acceptors (Lipinski definition) is 3. The normalized spacial score (nSPS) is 11.2. The molecule has 1 rings (SSSR count). The van der Waals surface area contributed by atoms with Gasteiger partial charge in [0.05, 0.1) is 5.02 Å². The number of carbonyl (C=O) groups is 1. The molecule has 0 aliphatic rings. The molecule has 0 aliphatic heterocycles. The lowest BCUT2D eigenvalue weighted by Gasteiger charge is -2.25. The zero-order chi connectivity index (χ0) is 12.2. The SMILES string of the molecule is CC(C)(CCO)NC(=O)c1ccc(Cl)cn1. The molecule has 0 atom stereocenters. The Morgan fingerprint density at radius 1 is 1.56 bits per heavy atom. The maximum atomic E-state index is 11.7. The number of carbonyl (C=O) groups excluding carboxylic acids is 1. The highest BCUT2D eigenvalue weighted by molar-refractivity contribution is 6.30. The molecule has 0 fully saturated rings. The molecule has 0 spiro atoms. The van der Waals surface area contributed by atoms with Gasteiger partial charge in [-0.1, -0.05) is 11.6 Å². The highest BCUT2D eigenvalue weighted by Crippen LogP contribution is 2.10. The number of pyridine rings is 1. The van der Waals surface area contributed by atoms with Crippen molar-refractivity contribution >= 4 is 17.5 Å². The zero-order valence-electron chi connectivity index (χ0n) is 9.33. The molecule has 0 saturated heterocycles. The van der Waals surface area contributed by atoms with Crippen molar-refractivity contribution in [1.82, 2.24) is 10.3 Å². The van der Waals surface area contributed by atoms with E-state index in [0.29, 0.717) is 17.1 Å². The number of amides is 1. The van der Waals surface area contributed by atoms with Crippen molar-refractivity contribution in [2.75, 3.05) is 6.61 Å². The van der Waals surface area contributed by atoms with Crippen LogP contribution >= 0.6 is 11.6 Å². The first-order valence-corrected chi connectivity index (χ1v) is 5.37. The monoisotopic (exact) mass is 242 g/mol. The van der Waals surface area contributed by atoms with Crippen LogP contribution in [0.1, 0.15) is 30.8 Å². The van der Waals surface area contributed by atoms with E-state index in [9.17, 15) is 4.79 Å². The van der Waals surface area contributed by atoms with Crippen LogP contribution in [0.15, 0.2) is 18.3 Å². The van der Waals surface area contributed by atoms with Crippen molar-refractivity contribution in [2.24, 2.45) is 0 Å². The highest BCUT2D eigenvalue weighted by Gasteiger charge is 2.20. The largest absolute Gasteiger partial charge is 0.396 e. The molecule has 1 amide bonds. The average molecular weight is 243 g/mol. The third-order valence-electron chi connectivity index (χ3n) is 2.15. The predicted molar refractivity (Wildman–Crippen MR) is 62.5 cm³/mol. The van der Waals surface area contributed by atoms with Gasteiger partial charge in [0.15, 0.2) is 0 Å². The lowest BCUT2D eigenvalue weighted by Crippen LogP contribution is -2.44. The second kappa shape index (κ2) is 5.27. The molecule has 1 heterocycles. The standard InChI is InChI=1S/C11H15ClN2O2/c1-11(2,5-6-15)14-10(16)9-4-3-8(12)7-13-9/h3-4,7,15H,5-6H2,1-2H3,(H,14,16). The second-order valence-corrected chi connectivity index (χ2v) is 4.61. The van der Waals surface area contributed by atoms with E-state index in [1.165, 1.54) is 6.20 Å². The zero-order valence-corrected chi connectivity index (χ0v) is 10.1. The molecule has 0 saturated carbocycles. The molecular weight excluding hydrogens is 228 g/mol. The Hall–Kier alpha value is -1.13. The Morgan fingerprint density at radius 2 is 2.25 bits per heavy atom. The third kappa shape index (κ3) is 3.79. The van der Waals surface area contributed by atoms with E-state index in [0.717, 1.165) is 0 Å². The Bertz CT molecular complexity index is 363. The molecule has 1 aromatic rings. The van der Waals surface area contributed by atoms with Crippen LogP contribution in [0.25, 0.3) is 0 Å². The van der Waals surface area contributed by atoms with Gasteiger partial charge in [0.25, 0.3) is 5.91 Å². The molecule has 1 aromatic heterocycles. The van der Waals surface area contributed by atoms with Crippen LogP contribution in [0.2, 0.25) is 5.02 Å². The van der Waals surface area contributed by atoms with Gasteiger partial charge < -0.3 is 10.4 Å². The number of aliphatic hydroxyl groups is 1. The summed E-state index contributed by atoms with van der Waals surface area (Å²) in [6.07, 6.45) is 1.92. The van der Waals surface area contributed by atoms with Gasteiger partial charge in [0, 0.05) is 18.3 Å². The third-order valence-corrected chi connectivity index (χ3v) is 2.37. The van der Waals surface area contributed by atoms with Gasteiger partial charge >= 0.3 is 0 Å². The number of hydrogen-bond donors (Lipinski definition) is 2. The van der Waals surface area contributed by atoms with Crippen molar-refractivity contribution in [1.29, 1.82) is 0 Å². The van der Waals surface area contributed by atoms with E-state index in [1.807, 2.05) is 13.8 Å². The van der Waals surface area contributed by atoms with Gasteiger partial charge in [-0.05, 0) is 32.4 Å². The highest BCUT2D eigenvalue weighted by atomic mass is 35.5. The van der Waals surface area contributed by atoms with Crippen LogP contribution < -0.4 is 5.32 Å². The van der Waals surface area contributed by atoms with Crippen LogP contribution in [0.3, 0.4) is 0 Å². The summed E-state index contributed by atoms with van der Waals surface area (Å²) >= 11 is 5.67. The molecule has 5 heteroatoms. The summed E-state index contributed by atoms with van der Waals surface area (Å²) in [5, 5.41) is 12.1. The molecule has 0 radical (unpaired) electrons. The maximum Gasteiger partial charge on any atom is 0.270 e. The Labute approximate surface area is 99.6 Å². The number of nitrogens with one attached hydrogen (secondary N) is 1. The lowest BCUT2D eigenvalue weighted by atomic mass is 10.0. The van der Waals surface area contributed by atoms with Gasteiger partial charge in [-0.2, -0.15) is 0 Å². The van der Waals surface area contributed by atoms with Gasteiger partial charge in [0.2, 0.25) is 0 Å². The van der Waals surface area contributed by atoms with E-state index in [2.05, 4.69) is 10.3 Å². The van der Waals surface area contributed by atoms with E-state index in [-0.39, 0.29) is 12.5 Å². The summed E-state index contributed by atoms with van der Waals surface area (Å²) in [6.45, 7) is 3.72. The number of halogens is 1. The van der Waals surface area contributed by atoms with Gasteiger partial charge in [0.1, 0.15) is 5.69 Å². The maximum absolute atomic E-state index is 11.7. The minimum atomic E-state index is -0.451. The Balaban J connectivity index is 2.69. The average Bonchev–Trinajstić information content (AvgIpc) is 2.17. The molecule has 0 bridgehead atoms. The minimum absolute atomic E-state index is 0.0291. The van der Waals surface area contributed by atoms with Gasteiger partial charge in [-0.15, -0.1) is 0 Å². The van der Waals surface area contributed by atoms with Crippen LogP contribution in [-0.2, 0) is 0 Å². The molecular formula is C11H15ClN2O2. The van der Waals surface area contributed by atoms with Crippen LogP contribution in [0.4, 0.5) is 0 Å². The fourth-order valence-corrected chi connectivity index (χ4v) is 1.34. The summed E-state index contributed by atoms with van der Waals surface area (Å²) < 4.78 is 0. The molecule has 4 nitrogen and oxygen atoms in total. The fraction of sp³-hybridized carbons (Fsp3) is 0.455. The summed E-state index contributed by atoms with van der Waals surface area (Å²) in [7, 11) is 0. The summed E-state index contributed by atoms with van der Waals surface area (Å²) in [5.74, 6) is -0.268. The molecule has 0 unspecified atom stereocenters. The van der Waals surface area contributed by atoms with Gasteiger partial charge in [-0.3, -0.25) is 4.79 Å². The van der Waals surface area contributed by atoms with E-state index in [1.54, 1.807) is 12.1 Å². The Kier molecular flexibility index (Phi) is 4.26. The smallest absolute Gasteiger partial charge is 0.270 e. The van der Waals surface area contributed by atoms with E-state index >= 15 is 0 Å². The van der Waals surface area contributed by atoms with Crippen molar-refractivity contribution in [3.05, 3.63) is 29.0 Å². The number of aliphatic hydroxyl groups excluding tert-OH is 1. The van der Waals surface area contributed by atoms with E-state index in [4.69, 9.17) is 16.7 Å². The summed E-state index contributed by atoms with van der Waals surface area (Å²) in [6, 6.07) is 3.18. The first-order chi connectivity index (χ1) is 7.44. The van der Waals surface area contributed by atoms with Crippen LogP contribution in [0, 0.1) is 0 Å². The summed E-state index contributed by atoms with van der Waals surface area (Å²) in [5.41, 5.74) is -0.136. The van der Waals surface area contributed by atoms with Crippen molar-refractivity contribution < 1.29 is 9.90 Å². The molecule has 0 aliphatic carbocycles. The number of aromatic nitrogens is 1. The van der Waals surface area contributed by atoms with Crippen molar-refractivity contribution in [2.45, 2.75) is 25.8 Å². The minimum Gasteiger partial charge on any atom is -0.396 e. The van der Waals surface area contributed by atoms with Crippen LogP contribution in [0.5, 0.6) is 0 Å². The van der Waals surface area contributed by atoms with E-state index < -0.39 is 5.54 Å². The van der Waals surface area contributed by atoms with Crippen molar-refractivity contribution in [3.63, 3.8) is 0 Å². The van der Waals surface area contributed by atoms with Crippen LogP contribution in [-0.4, -0.2) is 28.1 Å². The topological polar surface area (TPSA) is 62.2 Å². The second-order valence-electron chi connectivity index (χ2n) is 4.17. The van der Waals surface area contributed by atoms with Crippen molar-refractivity contribution in [3.8, 4) is 0 Å². The summed E-state index contributed by atoms with van der Waals surface area (Å²) in [4.78, 5) is 15.7. The fourth-order valence-electron chi connectivity index (χ4n) is 1.22. The number of nitrogens with zero attached hydrogens (tertiary/aromatic N) is 1. The molecule has 0 aromatic carbocycles. The first-order valence-electron chi connectivity index (χ1n) is 4.99. The number of rotatable bonds is 4. The van der Waals surface area contributed by atoms with Gasteiger partial charge in [-0.25, -0.2) is 4.98 Å². The molecule has 88 valence electrons. The first kappa shape index (κ1) is 12.9. The predicted octanol–water partition coefficient (Wildman–Crippen LogP) is 1.63.